The molecule has 18 heavy (non-hydrogen) atoms. The quantitative estimate of drug-likeness (QED) is 0.621. The molecule has 0 aliphatic carbocycles. The highest BCUT2D eigenvalue weighted by molar-refractivity contribution is 7.08. The van der Waals surface area contributed by atoms with Crippen LogP contribution in [0.2, 0.25) is 0 Å². The van der Waals surface area contributed by atoms with Gasteiger partial charge in [0.25, 0.3) is 0 Å². The standard InChI is InChI=1S/C14H18N2OS/c1-2-8-17-13-5-3-11(4-6-13)14(16-15)12-7-9-18-10-12/h3-7,9-10,14,16H,2,8,15H2,1H3. The second-order valence-electron chi connectivity index (χ2n) is 4.07. The minimum absolute atomic E-state index is 0.0384. The molecular formula is C14H18N2OS. The van der Waals surface area contributed by atoms with Gasteiger partial charge in [-0.1, -0.05) is 19.1 Å². The van der Waals surface area contributed by atoms with E-state index in [0.717, 1.165) is 24.3 Å². The monoisotopic (exact) mass is 262 g/mol. The number of thiophene rings is 1. The van der Waals surface area contributed by atoms with Gasteiger partial charge in [-0.25, -0.2) is 5.43 Å². The third kappa shape index (κ3) is 3.10. The highest BCUT2D eigenvalue weighted by Gasteiger charge is 2.12. The minimum Gasteiger partial charge on any atom is -0.494 e. The molecule has 2 aromatic rings. The first kappa shape index (κ1) is 13.1. The highest BCUT2D eigenvalue weighted by atomic mass is 32.1. The molecule has 0 amide bonds. The number of hydrogen-bond donors (Lipinski definition) is 2. The van der Waals surface area contributed by atoms with E-state index in [0.29, 0.717) is 0 Å². The number of benzene rings is 1. The van der Waals surface area contributed by atoms with E-state index in [2.05, 4.69) is 29.2 Å². The summed E-state index contributed by atoms with van der Waals surface area (Å²) >= 11 is 1.67. The van der Waals surface area contributed by atoms with Crippen LogP contribution < -0.4 is 16.0 Å². The van der Waals surface area contributed by atoms with Crippen molar-refractivity contribution >= 4 is 11.3 Å². The van der Waals surface area contributed by atoms with Gasteiger partial charge in [-0.05, 0) is 46.5 Å². The number of nitrogens with two attached hydrogens (primary N) is 1. The molecule has 1 heterocycles. The smallest absolute Gasteiger partial charge is 0.119 e. The molecule has 0 fully saturated rings. The molecule has 0 aliphatic heterocycles. The molecule has 0 saturated carbocycles. The maximum Gasteiger partial charge on any atom is 0.119 e. The number of rotatable bonds is 6. The largest absolute Gasteiger partial charge is 0.494 e. The summed E-state index contributed by atoms with van der Waals surface area (Å²) in [4.78, 5) is 0. The number of hydrogen-bond acceptors (Lipinski definition) is 4. The summed E-state index contributed by atoms with van der Waals surface area (Å²) in [6.45, 7) is 2.85. The van der Waals surface area contributed by atoms with Crippen molar-refractivity contribution < 1.29 is 4.74 Å². The van der Waals surface area contributed by atoms with Crippen LogP contribution in [-0.2, 0) is 0 Å². The van der Waals surface area contributed by atoms with Crippen molar-refractivity contribution in [3.05, 3.63) is 52.2 Å². The van der Waals surface area contributed by atoms with Crippen LogP contribution in [0.25, 0.3) is 0 Å². The number of hydrazine groups is 1. The Balaban J connectivity index is 2.12. The lowest BCUT2D eigenvalue weighted by Crippen LogP contribution is -2.28. The molecule has 1 atom stereocenters. The Morgan fingerprint density at radius 1 is 1.22 bits per heavy atom. The van der Waals surface area contributed by atoms with Gasteiger partial charge in [-0.3, -0.25) is 5.84 Å². The zero-order valence-electron chi connectivity index (χ0n) is 10.4. The Morgan fingerprint density at radius 2 is 2.00 bits per heavy atom. The molecule has 0 aliphatic rings. The average molecular weight is 262 g/mol. The van der Waals surface area contributed by atoms with E-state index in [1.165, 1.54) is 5.56 Å². The van der Waals surface area contributed by atoms with Crippen LogP contribution in [0.1, 0.15) is 30.5 Å². The van der Waals surface area contributed by atoms with Crippen molar-refractivity contribution in [1.29, 1.82) is 0 Å². The molecule has 0 spiro atoms. The average Bonchev–Trinajstić information content (AvgIpc) is 2.93. The van der Waals surface area contributed by atoms with E-state index in [1.54, 1.807) is 11.3 Å². The van der Waals surface area contributed by atoms with Gasteiger partial charge in [-0.15, -0.1) is 0 Å². The second-order valence-corrected chi connectivity index (χ2v) is 4.85. The van der Waals surface area contributed by atoms with Crippen LogP contribution in [0, 0.1) is 0 Å². The van der Waals surface area contributed by atoms with Crippen LogP contribution in [0.5, 0.6) is 5.75 Å². The van der Waals surface area contributed by atoms with E-state index >= 15 is 0 Å². The Kier molecular flexibility index (Phi) is 4.75. The van der Waals surface area contributed by atoms with E-state index < -0.39 is 0 Å². The molecule has 2 rings (SSSR count). The first-order valence-electron chi connectivity index (χ1n) is 6.06. The molecule has 96 valence electrons. The van der Waals surface area contributed by atoms with Crippen LogP contribution in [0.3, 0.4) is 0 Å². The predicted molar refractivity (Wildman–Crippen MR) is 75.7 cm³/mol. The van der Waals surface area contributed by atoms with Crippen LogP contribution >= 0.6 is 11.3 Å². The lowest BCUT2D eigenvalue weighted by molar-refractivity contribution is 0.317. The molecule has 1 aromatic carbocycles. The third-order valence-corrected chi connectivity index (χ3v) is 3.43. The van der Waals surface area contributed by atoms with E-state index in [1.807, 2.05) is 24.3 Å². The zero-order valence-corrected chi connectivity index (χ0v) is 11.2. The molecule has 3 nitrogen and oxygen atoms in total. The molecule has 1 aromatic heterocycles. The number of ether oxygens (including phenoxy) is 1. The summed E-state index contributed by atoms with van der Waals surface area (Å²) in [6, 6.07) is 10.2. The van der Waals surface area contributed by atoms with E-state index in [-0.39, 0.29) is 6.04 Å². The van der Waals surface area contributed by atoms with E-state index in [9.17, 15) is 0 Å². The van der Waals surface area contributed by atoms with E-state index in [4.69, 9.17) is 10.6 Å². The Bertz CT molecular complexity index is 453. The van der Waals surface area contributed by atoms with Gasteiger partial charge in [0, 0.05) is 0 Å². The van der Waals surface area contributed by atoms with Gasteiger partial charge in [0.2, 0.25) is 0 Å². The van der Waals surface area contributed by atoms with Crippen LogP contribution in [0.4, 0.5) is 0 Å². The number of nitrogens with one attached hydrogen (secondary N) is 1. The lowest BCUT2D eigenvalue weighted by atomic mass is 10.0. The third-order valence-electron chi connectivity index (χ3n) is 2.73. The SMILES string of the molecule is CCCOc1ccc(C(NN)c2ccsc2)cc1. The fraction of sp³-hybridized carbons (Fsp3) is 0.286. The Morgan fingerprint density at radius 3 is 2.56 bits per heavy atom. The predicted octanol–water partition coefficient (Wildman–Crippen LogP) is 3.09. The fourth-order valence-corrected chi connectivity index (χ4v) is 2.49. The summed E-state index contributed by atoms with van der Waals surface area (Å²) in [6.07, 6.45) is 1.02. The normalized spacial score (nSPS) is 12.3. The highest BCUT2D eigenvalue weighted by Crippen LogP contribution is 2.25. The van der Waals surface area contributed by atoms with Gasteiger partial charge in [0.15, 0.2) is 0 Å². The molecule has 4 heteroatoms. The van der Waals surface area contributed by atoms with Crippen molar-refractivity contribution in [2.75, 3.05) is 6.61 Å². The Labute approximate surface area is 112 Å². The first-order chi connectivity index (χ1) is 8.85. The minimum atomic E-state index is 0.0384. The summed E-state index contributed by atoms with van der Waals surface area (Å²) in [5, 5.41) is 4.16. The van der Waals surface area contributed by atoms with Crippen molar-refractivity contribution in [1.82, 2.24) is 5.43 Å². The molecule has 0 saturated heterocycles. The Hall–Kier alpha value is -1.36. The second kappa shape index (κ2) is 6.54. The van der Waals surface area contributed by atoms with Gasteiger partial charge in [0.05, 0.1) is 12.6 Å². The maximum absolute atomic E-state index is 5.64. The maximum atomic E-state index is 5.64. The summed E-state index contributed by atoms with van der Waals surface area (Å²) in [5.74, 6) is 6.54. The van der Waals surface area contributed by atoms with Gasteiger partial charge in [0.1, 0.15) is 5.75 Å². The molecular weight excluding hydrogens is 244 g/mol. The van der Waals surface area contributed by atoms with Crippen LogP contribution in [-0.4, -0.2) is 6.61 Å². The molecule has 1 unspecified atom stereocenters. The van der Waals surface area contributed by atoms with Gasteiger partial charge < -0.3 is 4.74 Å². The summed E-state index contributed by atoms with van der Waals surface area (Å²) in [7, 11) is 0. The molecule has 3 N–H and O–H groups in total. The van der Waals surface area contributed by atoms with Crippen molar-refractivity contribution in [3.63, 3.8) is 0 Å². The summed E-state index contributed by atoms with van der Waals surface area (Å²) < 4.78 is 5.56. The zero-order chi connectivity index (χ0) is 12.8. The van der Waals surface area contributed by atoms with Crippen molar-refractivity contribution in [2.24, 2.45) is 5.84 Å². The first-order valence-corrected chi connectivity index (χ1v) is 7.00. The van der Waals surface area contributed by atoms with Crippen LogP contribution in [0.15, 0.2) is 41.1 Å². The van der Waals surface area contributed by atoms with Gasteiger partial charge >= 0.3 is 0 Å². The molecule has 0 radical (unpaired) electrons. The molecule has 0 bridgehead atoms. The van der Waals surface area contributed by atoms with Crippen molar-refractivity contribution in [2.45, 2.75) is 19.4 Å². The lowest BCUT2D eigenvalue weighted by Gasteiger charge is -2.15. The van der Waals surface area contributed by atoms with Gasteiger partial charge in [-0.2, -0.15) is 11.3 Å². The topological polar surface area (TPSA) is 47.3 Å². The summed E-state index contributed by atoms with van der Waals surface area (Å²) in [5.41, 5.74) is 5.17. The fourth-order valence-electron chi connectivity index (χ4n) is 1.80. The van der Waals surface area contributed by atoms with Crippen molar-refractivity contribution in [3.8, 4) is 5.75 Å².